The molecule has 0 aliphatic carbocycles. The van der Waals surface area contributed by atoms with Crippen molar-refractivity contribution < 1.29 is 13.9 Å². The molecule has 0 amide bonds. The summed E-state index contributed by atoms with van der Waals surface area (Å²) in [5.74, 6) is -0.668. The first-order valence-electron chi connectivity index (χ1n) is 10.1. The fraction of sp³-hybridized carbons (Fsp3) is 0.682. The second kappa shape index (κ2) is 13.9. The minimum Gasteiger partial charge on any atom is -0.459 e. The molecule has 0 saturated carbocycles. The van der Waals surface area contributed by atoms with E-state index in [2.05, 4.69) is 13.8 Å². The molecule has 0 aliphatic heterocycles. The molecule has 0 aromatic heterocycles. The maximum absolute atomic E-state index is 13.0. The molecular weight excluding hydrogens is 315 g/mol. The molecule has 1 aromatic carbocycles. The standard InChI is InChI=1S/C22H35FO2/c1-3-5-7-8-9-10-11-12-14-21(13-6-4-2)25-22(24)19-15-17-20(23)18-16-19/h15-18,21H,3-14H2,1-2H3. The van der Waals surface area contributed by atoms with Gasteiger partial charge in [-0.3, -0.25) is 0 Å². The van der Waals surface area contributed by atoms with Gasteiger partial charge in [0.25, 0.3) is 0 Å². The van der Waals surface area contributed by atoms with Gasteiger partial charge in [-0.25, -0.2) is 9.18 Å². The zero-order valence-electron chi connectivity index (χ0n) is 16.1. The number of ether oxygens (including phenoxy) is 1. The average Bonchev–Trinajstić information content (AvgIpc) is 2.62. The van der Waals surface area contributed by atoms with Gasteiger partial charge >= 0.3 is 5.97 Å². The summed E-state index contributed by atoms with van der Waals surface area (Å²) in [6, 6.07) is 5.59. The van der Waals surface area contributed by atoms with E-state index in [1.165, 1.54) is 69.2 Å². The molecule has 0 aliphatic rings. The minimum absolute atomic E-state index is 0.0161. The van der Waals surface area contributed by atoms with Crippen LogP contribution in [0.5, 0.6) is 0 Å². The van der Waals surface area contributed by atoms with Crippen LogP contribution in [-0.2, 0) is 4.74 Å². The van der Waals surface area contributed by atoms with Crippen LogP contribution < -0.4 is 0 Å². The first kappa shape index (κ1) is 21.7. The fourth-order valence-corrected chi connectivity index (χ4v) is 3.01. The van der Waals surface area contributed by atoms with Crippen LogP contribution in [0.25, 0.3) is 0 Å². The Bertz CT molecular complexity index is 456. The Morgan fingerprint density at radius 3 is 1.96 bits per heavy atom. The van der Waals surface area contributed by atoms with Crippen molar-refractivity contribution in [2.45, 2.75) is 97.0 Å². The van der Waals surface area contributed by atoms with Crippen LogP contribution in [0.3, 0.4) is 0 Å². The van der Waals surface area contributed by atoms with E-state index < -0.39 is 0 Å². The summed E-state index contributed by atoms with van der Waals surface area (Å²) in [5, 5.41) is 0. The van der Waals surface area contributed by atoms with Crippen LogP contribution >= 0.6 is 0 Å². The summed E-state index contributed by atoms with van der Waals surface area (Å²) in [7, 11) is 0. The molecule has 142 valence electrons. The summed E-state index contributed by atoms with van der Waals surface area (Å²) in [4.78, 5) is 12.2. The number of halogens is 1. The lowest BCUT2D eigenvalue weighted by Crippen LogP contribution is -2.18. The molecule has 0 radical (unpaired) electrons. The average molecular weight is 351 g/mol. The molecule has 0 fully saturated rings. The van der Waals surface area contributed by atoms with Crippen molar-refractivity contribution in [1.29, 1.82) is 0 Å². The van der Waals surface area contributed by atoms with Crippen molar-refractivity contribution in [2.24, 2.45) is 0 Å². The van der Waals surface area contributed by atoms with E-state index in [4.69, 9.17) is 4.74 Å². The summed E-state index contributed by atoms with van der Waals surface area (Å²) in [5.41, 5.74) is 0.429. The van der Waals surface area contributed by atoms with E-state index in [9.17, 15) is 9.18 Å². The van der Waals surface area contributed by atoms with E-state index in [1.807, 2.05) is 0 Å². The van der Waals surface area contributed by atoms with Crippen LogP contribution in [0.15, 0.2) is 24.3 Å². The van der Waals surface area contributed by atoms with Crippen LogP contribution in [0, 0.1) is 5.82 Å². The normalized spacial score (nSPS) is 12.1. The van der Waals surface area contributed by atoms with Gasteiger partial charge < -0.3 is 4.74 Å². The summed E-state index contributed by atoms with van der Waals surface area (Å²) < 4.78 is 18.6. The van der Waals surface area contributed by atoms with Gasteiger partial charge in [-0.05, 0) is 43.5 Å². The fourth-order valence-electron chi connectivity index (χ4n) is 3.01. The second-order valence-corrected chi connectivity index (χ2v) is 6.94. The quantitative estimate of drug-likeness (QED) is 0.265. The number of esters is 1. The highest BCUT2D eigenvalue weighted by Crippen LogP contribution is 2.17. The van der Waals surface area contributed by atoms with Gasteiger partial charge in [0.05, 0.1) is 5.56 Å². The van der Waals surface area contributed by atoms with Crippen molar-refractivity contribution in [1.82, 2.24) is 0 Å². The van der Waals surface area contributed by atoms with Crippen LogP contribution in [0.4, 0.5) is 4.39 Å². The molecule has 1 rings (SSSR count). The number of benzene rings is 1. The third-order valence-corrected chi connectivity index (χ3v) is 4.61. The van der Waals surface area contributed by atoms with Crippen LogP contribution in [0.2, 0.25) is 0 Å². The van der Waals surface area contributed by atoms with Gasteiger partial charge in [0.2, 0.25) is 0 Å². The molecule has 1 atom stereocenters. The van der Waals surface area contributed by atoms with Crippen molar-refractivity contribution in [3.8, 4) is 0 Å². The van der Waals surface area contributed by atoms with E-state index in [0.29, 0.717) is 5.56 Å². The van der Waals surface area contributed by atoms with Gasteiger partial charge in [0, 0.05) is 0 Å². The largest absolute Gasteiger partial charge is 0.459 e. The topological polar surface area (TPSA) is 26.3 Å². The highest BCUT2D eigenvalue weighted by atomic mass is 19.1. The Hall–Kier alpha value is -1.38. The lowest BCUT2D eigenvalue weighted by Gasteiger charge is -2.18. The molecule has 0 bridgehead atoms. The summed E-state index contributed by atoms with van der Waals surface area (Å²) >= 11 is 0. The Balaban J connectivity index is 2.30. The number of carbonyl (C=O) groups excluding carboxylic acids is 1. The predicted octanol–water partition coefficient (Wildman–Crippen LogP) is 7.07. The smallest absolute Gasteiger partial charge is 0.338 e. The molecular formula is C22H35FO2. The maximum atomic E-state index is 13.0. The van der Waals surface area contributed by atoms with E-state index in [-0.39, 0.29) is 17.9 Å². The summed E-state index contributed by atoms with van der Waals surface area (Å²) in [6.45, 7) is 4.39. The summed E-state index contributed by atoms with van der Waals surface area (Å²) in [6.07, 6.45) is 14.2. The maximum Gasteiger partial charge on any atom is 0.338 e. The lowest BCUT2D eigenvalue weighted by atomic mass is 10.0. The van der Waals surface area contributed by atoms with E-state index >= 15 is 0 Å². The van der Waals surface area contributed by atoms with Crippen molar-refractivity contribution in [2.75, 3.05) is 0 Å². The number of unbranched alkanes of at least 4 members (excludes halogenated alkanes) is 8. The zero-order valence-corrected chi connectivity index (χ0v) is 16.1. The first-order chi connectivity index (χ1) is 12.2. The molecule has 3 heteroatoms. The van der Waals surface area contributed by atoms with Crippen molar-refractivity contribution in [3.05, 3.63) is 35.6 Å². The first-order valence-corrected chi connectivity index (χ1v) is 10.1. The Morgan fingerprint density at radius 2 is 1.36 bits per heavy atom. The minimum atomic E-state index is -0.335. The third kappa shape index (κ3) is 10.3. The van der Waals surface area contributed by atoms with Crippen LogP contribution in [0.1, 0.15) is 101 Å². The van der Waals surface area contributed by atoms with Gasteiger partial charge in [-0.1, -0.05) is 71.6 Å². The lowest BCUT2D eigenvalue weighted by molar-refractivity contribution is 0.0250. The number of hydrogen-bond acceptors (Lipinski definition) is 2. The third-order valence-electron chi connectivity index (χ3n) is 4.61. The van der Waals surface area contributed by atoms with E-state index in [0.717, 1.165) is 32.1 Å². The van der Waals surface area contributed by atoms with Gasteiger partial charge in [0.1, 0.15) is 11.9 Å². The predicted molar refractivity (Wildman–Crippen MR) is 102 cm³/mol. The van der Waals surface area contributed by atoms with Gasteiger partial charge in [-0.2, -0.15) is 0 Å². The van der Waals surface area contributed by atoms with Crippen LogP contribution in [-0.4, -0.2) is 12.1 Å². The molecule has 2 nitrogen and oxygen atoms in total. The SMILES string of the molecule is CCCCCCCCCCC(CCCC)OC(=O)c1ccc(F)cc1. The Labute approximate surface area is 153 Å². The second-order valence-electron chi connectivity index (χ2n) is 6.94. The number of hydrogen-bond donors (Lipinski definition) is 0. The molecule has 0 spiro atoms. The Kier molecular flexibility index (Phi) is 12.0. The molecule has 1 aromatic rings. The van der Waals surface area contributed by atoms with Crippen molar-refractivity contribution >= 4 is 5.97 Å². The highest BCUT2D eigenvalue weighted by molar-refractivity contribution is 5.89. The van der Waals surface area contributed by atoms with Crippen molar-refractivity contribution in [3.63, 3.8) is 0 Å². The van der Waals surface area contributed by atoms with E-state index in [1.54, 1.807) is 0 Å². The zero-order chi connectivity index (χ0) is 18.3. The number of rotatable bonds is 14. The monoisotopic (exact) mass is 350 g/mol. The molecule has 0 N–H and O–H groups in total. The molecule has 0 heterocycles. The van der Waals surface area contributed by atoms with Gasteiger partial charge in [-0.15, -0.1) is 0 Å². The number of carbonyl (C=O) groups is 1. The highest BCUT2D eigenvalue weighted by Gasteiger charge is 2.15. The molecule has 1 unspecified atom stereocenters. The molecule has 25 heavy (non-hydrogen) atoms. The molecule has 0 saturated heterocycles. The van der Waals surface area contributed by atoms with Gasteiger partial charge in [0.15, 0.2) is 0 Å². The Morgan fingerprint density at radius 1 is 0.840 bits per heavy atom.